The molecule has 0 bridgehead atoms. The minimum Gasteiger partial charge on any atom is -0.485 e. The van der Waals surface area contributed by atoms with Gasteiger partial charge < -0.3 is 19.5 Å². The third-order valence-electron chi connectivity index (χ3n) is 5.90. The van der Waals surface area contributed by atoms with Crippen LogP contribution in [0.15, 0.2) is 54.6 Å². The predicted octanol–water partition coefficient (Wildman–Crippen LogP) is 3.63. The Kier molecular flexibility index (Phi) is 3.59. The average molecular weight is 349 g/mol. The minimum absolute atomic E-state index is 0.0386. The minimum atomic E-state index is -0.442. The summed E-state index contributed by atoms with van der Waals surface area (Å²) in [7, 11) is 2.16. The van der Waals surface area contributed by atoms with Gasteiger partial charge >= 0.3 is 0 Å². The fraction of sp³-hybridized carbons (Fsp3) is 0.364. The second-order valence-corrected chi connectivity index (χ2v) is 7.64. The van der Waals surface area contributed by atoms with E-state index in [0.29, 0.717) is 6.42 Å². The number of rotatable bonds is 2. The lowest BCUT2D eigenvalue weighted by molar-refractivity contribution is 0.0824. The molecule has 0 amide bonds. The molecular formula is C22H23NO3. The van der Waals surface area contributed by atoms with E-state index in [2.05, 4.69) is 24.1 Å². The average Bonchev–Trinajstić information content (AvgIpc) is 2.90. The van der Waals surface area contributed by atoms with Crippen LogP contribution < -0.4 is 9.47 Å². The molecule has 2 aromatic rings. The fourth-order valence-corrected chi connectivity index (χ4v) is 4.61. The number of aliphatic hydroxyl groups is 1. The lowest BCUT2D eigenvalue weighted by Gasteiger charge is -2.35. The Morgan fingerprint density at radius 3 is 2.88 bits per heavy atom. The molecule has 4 nitrogen and oxygen atoms in total. The first-order chi connectivity index (χ1) is 12.7. The first-order valence-electron chi connectivity index (χ1n) is 9.27. The van der Waals surface area contributed by atoms with Crippen molar-refractivity contribution in [1.82, 2.24) is 4.90 Å². The van der Waals surface area contributed by atoms with E-state index in [1.807, 2.05) is 42.5 Å². The van der Waals surface area contributed by atoms with Crippen molar-refractivity contribution in [2.45, 2.75) is 37.0 Å². The van der Waals surface area contributed by atoms with Crippen molar-refractivity contribution in [3.8, 4) is 17.2 Å². The standard InChI is InChI=1S/C22H23NO3/c1-23-12-11-22-10-9-16(24)13-19(22)26-21-18(8-7-15(14-23)20(21)22)25-17-5-3-2-4-6-17/h2-10,16,19,24H,11-14H2,1H3/t16-,19-,22-/m0/s1. The molecule has 4 heteroatoms. The fourth-order valence-electron chi connectivity index (χ4n) is 4.61. The lowest BCUT2D eigenvalue weighted by atomic mass is 9.69. The maximum atomic E-state index is 10.2. The number of hydrogen-bond donors (Lipinski definition) is 1. The maximum Gasteiger partial charge on any atom is 0.169 e. The number of benzene rings is 2. The zero-order valence-corrected chi connectivity index (χ0v) is 14.9. The molecule has 134 valence electrons. The third-order valence-corrected chi connectivity index (χ3v) is 5.90. The highest BCUT2D eigenvalue weighted by Crippen LogP contribution is 2.56. The van der Waals surface area contributed by atoms with Crippen LogP contribution in [0, 0.1) is 0 Å². The Morgan fingerprint density at radius 2 is 2.04 bits per heavy atom. The third kappa shape index (κ3) is 2.37. The van der Waals surface area contributed by atoms with Crippen LogP contribution in [0.2, 0.25) is 0 Å². The molecule has 26 heavy (non-hydrogen) atoms. The molecule has 0 radical (unpaired) electrons. The highest BCUT2D eigenvalue weighted by Gasteiger charge is 2.52. The van der Waals surface area contributed by atoms with Gasteiger partial charge in [-0.25, -0.2) is 0 Å². The van der Waals surface area contributed by atoms with E-state index in [4.69, 9.17) is 9.47 Å². The Balaban J connectivity index is 1.65. The second-order valence-electron chi connectivity index (χ2n) is 7.64. The number of ether oxygens (including phenoxy) is 2. The van der Waals surface area contributed by atoms with Crippen LogP contribution >= 0.6 is 0 Å². The van der Waals surface area contributed by atoms with Crippen LogP contribution in [0.5, 0.6) is 17.2 Å². The van der Waals surface area contributed by atoms with Gasteiger partial charge in [-0.05, 0) is 43.8 Å². The highest BCUT2D eigenvalue weighted by molar-refractivity contribution is 5.61. The van der Waals surface area contributed by atoms with Gasteiger partial charge in [0.05, 0.1) is 11.5 Å². The molecule has 5 rings (SSSR count). The zero-order chi connectivity index (χ0) is 17.7. The summed E-state index contributed by atoms with van der Waals surface area (Å²) in [4.78, 5) is 2.36. The molecule has 2 aromatic carbocycles. The monoisotopic (exact) mass is 349 g/mol. The van der Waals surface area contributed by atoms with Gasteiger partial charge in [0.2, 0.25) is 0 Å². The smallest absolute Gasteiger partial charge is 0.169 e. The molecule has 1 spiro atoms. The van der Waals surface area contributed by atoms with Crippen LogP contribution in [-0.4, -0.2) is 35.8 Å². The van der Waals surface area contributed by atoms with Crippen LogP contribution in [0.4, 0.5) is 0 Å². The molecule has 0 saturated carbocycles. The Bertz CT molecular complexity index is 863. The molecule has 0 aromatic heterocycles. The van der Waals surface area contributed by atoms with Gasteiger partial charge in [0.15, 0.2) is 11.5 Å². The van der Waals surface area contributed by atoms with Crippen molar-refractivity contribution in [2.75, 3.05) is 13.6 Å². The highest BCUT2D eigenvalue weighted by atomic mass is 16.5. The zero-order valence-electron chi connectivity index (χ0n) is 14.9. The first kappa shape index (κ1) is 15.9. The van der Waals surface area contributed by atoms with Gasteiger partial charge in [0.1, 0.15) is 11.9 Å². The van der Waals surface area contributed by atoms with Gasteiger partial charge in [0.25, 0.3) is 0 Å². The molecular weight excluding hydrogens is 326 g/mol. The summed E-state index contributed by atoms with van der Waals surface area (Å²) in [6.45, 7) is 1.91. The molecule has 0 unspecified atom stereocenters. The number of para-hydroxylation sites is 1. The van der Waals surface area contributed by atoms with E-state index >= 15 is 0 Å². The van der Waals surface area contributed by atoms with E-state index in [-0.39, 0.29) is 11.5 Å². The summed E-state index contributed by atoms with van der Waals surface area (Å²) in [5.74, 6) is 2.42. The van der Waals surface area contributed by atoms with Gasteiger partial charge in [-0.15, -0.1) is 0 Å². The molecule has 0 saturated heterocycles. The van der Waals surface area contributed by atoms with Crippen molar-refractivity contribution in [2.24, 2.45) is 0 Å². The summed E-state index contributed by atoms with van der Waals surface area (Å²) in [5, 5.41) is 10.2. The topological polar surface area (TPSA) is 41.9 Å². The largest absolute Gasteiger partial charge is 0.485 e. The van der Waals surface area contributed by atoms with Gasteiger partial charge in [0, 0.05) is 18.5 Å². The second kappa shape index (κ2) is 5.86. The Hall–Kier alpha value is -2.30. The van der Waals surface area contributed by atoms with Crippen LogP contribution in [0.25, 0.3) is 0 Å². The van der Waals surface area contributed by atoms with E-state index in [9.17, 15) is 5.11 Å². The molecule has 1 aliphatic carbocycles. The van der Waals surface area contributed by atoms with Gasteiger partial charge in [-0.1, -0.05) is 36.4 Å². The first-order valence-corrected chi connectivity index (χ1v) is 9.27. The van der Waals surface area contributed by atoms with Crippen molar-refractivity contribution in [3.63, 3.8) is 0 Å². The summed E-state index contributed by atoms with van der Waals surface area (Å²) in [6.07, 6.45) is 5.26. The molecule has 3 atom stereocenters. The van der Waals surface area contributed by atoms with Crippen molar-refractivity contribution in [3.05, 3.63) is 65.7 Å². The summed E-state index contributed by atoms with van der Waals surface area (Å²) >= 11 is 0. The van der Waals surface area contributed by atoms with E-state index in [0.717, 1.165) is 36.8 Å². The Labute approximate surface area is 153 Å². The summed E-state index contributed by atoms with van der Waals surface area (Å²) in [5.41, 5.74) is 2.39. The maximum absolute atomic E-state index is 10.2. The van der Waals surface area contributed by atoms with E-state index < -0.39 is 6.10 Å². The van der Waals surface area contributed by atoms with Crippen LogP contribution in [-0.2, 0) is 12.0 Å². The quantitative estimate of drug-likeness (QED) is 0.841. The number of aliphatic hydroxyl groups excluding tert-OH is 1. The normalized spacial score (nSPS) is 29.5. The molecule has 2 heterocycles. The van der Waals surface area contributed by atoms with Gasteiger partial charge in [-0.3, -0.25) is 0 Å². The summed E-state index contributed by atoms with van der Waals surface area (Å²) in [6, 6.07) is 14.0. The van der Waals surface area contributed by atoms with Crippen molar-refractivity contribution < 1.29 is 14.6 Å². The summed E-state index contributed by atoms with van der Waals surface area (Å²) < 4.78 is 12.6. The molecule has 3 aliphatic rings. The van der Waals surface area contributed by atoms with Crippen molar-refractivity contribution in [1.29, 1.82) is 0 Å². The van der Waals surface area contributed by atoms with Gasteiger partial charge in [-0.2, -0.15) is 0 Å². The number of hydrogen-bond acceptors (Lipinski definition) is 4. The van der Waals surface area contributed by atoms with Crippen LogP contribution in [0.3, 0.4) is 0 Å². The van der Waals surface area contributed by atoms with Crippen LogP contribution in [0.1, 0.15) is 24.0 Å². The van der Waals surface area contributed by atoms with E-state index in [1.54, 1.807) is 0 Å². The Morgan fingerprint density at radius 1 is 1.19 bits per heavy atom. The molecule has 1 N–H and O–H groups in total. The lowest BCUT2D eigenvalue weighted by Crippen LogP contribution is -2.42. The van der Waals surface area contributed by atoms with E-state index in [1.165, 1.54) is 11.1 Å². The molecule has 0 fully saturated rings. The van der Waals surface area contributed by atoms with Crippen molar-refractivity contribution >= 4 is 0 Å². The predicted molar refractivity (Wildman–Crippen MR) is 99.8 cm³/mol. The molecule has 2 aliphatic heterocycles. The number of nitrogens with zero attached hydrogens (tertiary/aromatic N) is 1. The SMILES string of the molecule is CN1CC[C@@]23C=C[C@H](O)C[C@@H]2Oc2c(Oc4ccccc4)ccc(c23)C1.